The van der Waals surface area contributed by atoms with Gasteiger partial charge in [0.15, 0.2) is 0 Å². The summed E-state index contributed by atoms with van der Waals surface area (Å²) >= 11 is 0. The van der Waals surface area contributed by atoms with Crippen molar-refractivity contribution in [2.45, 2.75) is 119 Å². The molecule has 0 aromatic rings. The second-order valence-electron chi connectivity index (χ2n) is 8.05. The van der Waals surface area contributed by atoms with E-state index in [9.17, 15) is 4.79 Å². The Morgan fingerprint density at radius 2 is 1.29 bits per heavy atom. The molecule has 0 fully saturated rings. The van der Waals surface area contributed by atoms with Crippen LogP contribution >= 0.6 is 0 Å². The van der Waals surface area contributed by atoms with Crippen LogP contribution in [0.4, 0.5) is 0 Å². The average molecular weight is 341 g/mol. The minimum Gasteiger partial charge on any atom is -0.459 e. The summed E-state index contributed by atoms with van der Waals surface area (Å²) in [5, 5.41) is 0. The zero-order valence-electron chi connectivity index (χ0n) is 18.1. The first-order valence-corrected chi connectivity index (χ1v) is 10.4. The molecule has 24 heavy (non-hydrogen) atoms. The summed E-state index contributed by atoms with van der Waals surface area (Å²) in [6.07, 6.45) is 7.67. The molecule has 0 N–H and O–H groups in total. The van der Waals surface area contributed by atoms with Crippen LogP contribution < -0.4 is 0 Å². The van der Waals surface area contributed by atoms with Crippen LogP contribution in [0.1, 0.15) is 114 Å². The Morgan fingerprint density at radius 1 is 0.833 bits per heavy atom. The van der Waals surface area contributed by atoms with Gasteiger partial charge in [0.2, 0.25) is 0 Å². The first-order chi connectivity index (χ1) is 11.2. The van der Waals surface area contributed by atoms with E-state index < -0.39 is 0 Å². The number of esters is 1. The molecule has 0 saturated heterocycles. The van der Waals surface area contributed by atoms with E-state index in [1.165, 1.54) is 0 Å². The molecule has 0 aliphatic carbocycles. The number of carbonyl (C=O) groups is 1. The lowest BCUT2D eigenvalue weighted by molar-refractivity contribution is -0.185. The van der Waals surface area contributed by atoms with Crippen LogP contribution in [0.15, 0.2) is 0 Å². The topological polar surface area (TPSA) is 26.3 Å². The average Bonchev–Trinajstić information content (AvgIpc) is 2.60. The van der Waals surface area contributed by atoms with E-state index in [1.807, 2.05) is 0 Å². The SMILES string of the molecule is CCC(C)CC(C)(CC)C(CC)(CC)C(=O)OC(CC)(CC)CC. The Labute approximate surface area is 152 Å². The fourth-order valence-corrected chi connectivity index (χ4v) is 4.49. The second kappa shape index (κ2) is 9.82. The maximum Gasteiger partial charge on any atom is 0.313 e. The Balaban J connectivity index is 5.82. The zero-order chi connectivity index (χ0) is 19.0. The molecule has 2 atom stereocenters. The van der Waals surface area contributed by atoms with Gasteiger partial charge in [0.05, 0.1) is 5.41 Å². The predicted molar refractivity (Wildman–Crippen MR) is 105 cm³/mol. The van der Waals surface area contributed by atoms with Gasteiger partial charge >= 0.3 is 5.97 Å². The van der Waals surface area contributed by atoms with Gasteiger partial charge in [0.1, 0.15) is 5.60 Å². The van der Waals surface area contributed by atoms with Crippen LogP contribution in [0.2, 0.25) is 0 Å². The number of ether oxygens (including phenoxy) is 1. The minimum absolute atomic E-state index is 0.00995. The van der Waals surface area contributed by atoms with Gasteiger partial charge in [-0.1, -0.05) is 68.7 Å². The number of rotatable bonds is 12. The third-order valence-electron chi connectivity index (χ3n) is 7.27. The molecule has 0 aromatic heterocycles. The lowest BCUT2D eigenvalue weighted by Gasteiger charge is -2.49. The van der Waals surface area contributed by atoms with E-state index in [0.717, 1.165) is 51.4 Å². The Morgan fingerprint density at radius 3 is 1.58 bits per heavy atom. The van der Waals surface area contributed by atoms with Crippen molar-refractivity contribution in [3.05, 3.63) is 0 Å². The maximum atomic E-state index is 13.5. The highest BCUT2D eigenvalue weighted by Gasteiger charge is 2.52. The lowest BCUT2D eigenvalue weighted by Crippen LogP contribution is -2.50. The normalized spacial score (nSPS) is 16.5. The van der Waals surface area contributed by atoms with E-state index in [-0.39, 0.29) is 22.4 Å². The molecule has 0 spiro atoms. The Bertz CT molecular complexity index is 358. The highest BCUT2D eigenvalue weighted by Crippen LogP contribution is 2.53. The van der Waals surface area contributed by atoms with Crippen LogP contribution in [0.5, 0.6) is 0 Å². The van der Waals surface area contributed by atoms with Crippen LogP contribution in [0.25, 0.3) is 0 Å². The fourth-order valence-electron chi connectivity index (χ4n) is 4.49. The molecule has 2 unspecified atom stereocenters. The third kappa shape index (κ3) is 4.55. The van der Waals surface area contributed by atoms with Gasteiger partial charge in [-0.2, -0.15) is 0 Å². The van der Waals surface area contributed by atoms with E-state index in [1.54, 1.807) is 0 Å². The number of hydrogen-bond acceptors (Lipinski definition) is 2. The molecule has 0 radical (unpaired) electrons. The van der Waals surface area contributed by atoms with Crippen molar-refractivity contribution in [3.63, 3.8) is 0 Å². The predicted octanol–water partition coefficient (Wildman–Crippen LogP) is 7.16. The van der Waals surface area contributed by atoms with Gasteiger partial charge < -0.3 is 4.74 Å². The molecular formula is C22H44O2. The van der Waals surface area contributed by atoms with Crippen LogP contribution in [0.3, 0.4) is 0 Å². The molecule has 0 heterocycles. The number of carbonyl (C=O) groups excluding carboxylic acids is 1. The summed E-state index contributed by atoms with van der Waals surface area (Å²) < 4.78 is 6.26. The summed E-state index contributed by atoms with van der Waals surface area (Å²) in [7, 11) is 0. The molecular weight excluding hydrogens is 296 g/mol. The van der Waals surface area contributed by atoms with Crippen molar-refractivity contribution in [3.8, 4) is 0 Å². The van der Waals surface area contributed by atoms with E-state index in [2.05, 4.69) is 62.3 Å². The molecule has 0 saturated carbocycles. The van der Waals surface area contributed by atoms with Crippen molar-refractivity contribution < 1.29 is 9.53 Å². The van der Waals surface area contributed by atoms with Crippen molar-refractivity contribution in [2.24, 2.45) is 16.7 Å². The Hall–Kier alpha value is -0.530. The largest absolute Gasteiger partial charge is 0.459 e. The fraction of sp³-hybridized carbons (Fsp3) is 0.955. The Kier molecular flexibility index (Phi) is 9.61. The van der Waals surface area contributed by atoms with Gasteiger partial charge in [0, 0.05) is 0 Å². The smallest absolute Gasteiger partial charge is 0.313 e. The molecule has 0 aliphatic heterocycles. The molecule has 0 bridgehead atoms. The zero-order valence-corrected chi connectivity index (χ0v) is 18.1. The van der Waals surface area contributed by atoms with Crippen molar-refractivity contribution in [1.82, 2.24) is 0 Å². The summed E-state index contributed by atoms with van der Waals surface area (Å²) in [6, 6.07) is 0. The molecule has 144 valence electrons. The van der Waals surface area contributed by atoms with Crippen molar-refractivity contribution in [1.29, 1.82) is 0 Å². The van der Waals surface area contributed by atoms with E-state index in [4.69, 9.17) is 4.74 Å². The van der Waals surface area contributed by atoms with Gasteiger partial charge in [0.25, 0.3) is 0 Å². The van der Waals surface area contributed by atoms with Crippen molar-refractivity contribution >= 4 is 5.97 Å². The molecule has 2 heteroatoms. The third-order valence-corrected chi connectivity index (χ3v) is 7.27. The van der Waals surface area contributed by atoms with Crippen molar-refractivity contribution in [2.75, 3.05) is 0 Å². The monoisotopic (exact) mass is 340 g/mol. The first kappa shape index (κ1) is 23.5. The highest BCUT2D eigenvalue weighted by atomic mass is 16.6. The van der Waals surface area contributed by atoms with Gasteiger partial charge in [-0.15, -0.1) is 0 Å². The highest BCUT2D eigenvalue weighted by molar-refractivity contribution is 5.78. The minimum atomic E-state index is -0.379. The maximum absolute atomic E-state index is 13.5. The quantitative estimate of drug-likeness (QED) is 0.352. The summed E-state index contributed by atoms with van der Waals surface area (Å²) in [4.78, 5) is 13.5. The summed E-state index contributed by atoms with van der Waals surface area (Å²) in [5.74, 6) is 0.680. The second-order valence-corrected chi connectivity index (χ2v) is 8.05. The summed E-state index contributed by atoms with van der Waals surface area (Å²) in [6.45, 7) is 19.9. The molecule has 2 nitrogen and oxygen atoms in total. The summed E-state index contributed by atoms with van der Waals surface area (Å²) in [5.41, 5.74) is -0.683. The van der Waals surface area contributed by atoms with Crippen LogP contribution in [0, 0.1) is 16.7 Å². The number of hydrogen-bond donors (Lipinski definition) is 0. The van der Waals surface area contributed by atoms with Gasteiger partial charge in [-0.25, -0.2) is 0 Å². The van der Waals surface area contributed by atoms with Crippen LogP contribution in [-0.2, 0) is 9.53 Å². The van der Waals surface area contributed by atoms with Crippen LogP contribution in [-0.4, -0.2) is 11.6 Å². The lowest BCUT2D eigenvalue weighted by atomic mass is 9.57. The molecule has 0 aromatic carbocycles. The van der Waals surface area contributed by atoms with E-state index >= 15 is 0 Å². The molecule has 0 rings (SSSR count). The molecule has 0 amide bonds. The van der Waals surface area contributed by atoms with E-state index in [0.29, 0.717) is 5.92 Å². The standard InChI is InChI=1S/C22H44O2/c1-10-18(8)17-20(9,11-2)22(15-6,16-7)19(23)24-21(12-3,13-4)14-5/h18H,10-17H2,1-9H3. The van der Waals surface area contributed by atoms with Gasteiger partial charge in [-0.3, -0.25) is 4.79 Å². The molecule has 0 aliphatic rings. The van der Waals surface area contributed by atoms with Gasteiger partial charge in [-0.05, 0) is 56.3 Å². The first-order valence-electron chi connectivity index (χ1n) is 10.4.